The number of anilines is 1. The number of rotatable bonds is 5. The van der Waals surface area contributed by atoms with Crippen LogP contribution in [0.25, 0.3) is 0 Å². The minimum absolute atomic E-state index is 0.0419. The number of hydrogen-bond donors (Lipinski definition) is 4. The summed E-state index contributed by atoms with van der Waals surface area (Å²) in [5.74, 6) is -0.718. The molecule has 0 aliphatic heterocycles. The number of hydrazone groups is 1. The Morgan fingerprint density at radius 3 is 2.64 bits per heavy atom. The van der Waals surface area contributed by atoms with Crippen molar-refractivity contribution in [3.63, 3.8) is 0 Å². The molecule has 7 nitrogen and oxygen atoms in total. The molecule has 0 saturated heterocycles. The fourth-order valence-electron chi connectivity index (χ4n) is 1.95. The molecule has 2 aromatic carbocycles. The number of urea groups is 1. The van der Waals surface area contributed by atoms with Crippen LogP contribution in [0.4, 0.5) is 23.7 Å². The lowest BCUT2D eigenvalue weighted by Crippen LogP contribution is -2.37. The van der Waals surface area contributed by atoms with Crippen molar-refractivity contribution in [1.29, 1.82) is 0 Å². The van der Waals surface area contributed by atoms with Crippen molar-refractivity contribution >= 4 is 39.8 Å². The molecule has 148 valence electrons. The quantitative estimate of drug-likeness (QED) is 0.407. The van der Waals surface area contributed by atoms with E-state index in [0.717, 1.165) is 18.2 Å². The van der Waals surface area contributed by atoms with Gasteiger partial charge in [0, 0.05) is 15.7 Å². The number of nitrogens with one attached hydrogen (secondary N) is 3. The van der Waals surface area contributed by atoms with E-state index in [1.165, 1.54) is 18.3 Å². The zero-order valence-electron chi connectivity index (χ0n) is 14.0. The summed E-state index contributed by atoms with van der Waals surface area (Å²) in [6.07, 6.45) is -3.32. The molecule has 3 amide bonds. The SMILES string of the molecule is O=C(CNC(=O)Nc1cccc(C(F)(F)F)c1)N/N=C/c1cc(Br)ccc1O. The third-order valence-electron chi connectivity index (χ3n) is 3.24. The van der Waals surface area contributed by atoms with Crippen molar-refractivity contribution in [3.8, 4) is 5.75 Å². The second-order valence-corrected chi connectivity index (χ2v) is 6.30. The van der Waals surface area contributed by atoms with Crippen LogP contribution in [0.1, 0.15) is 11.1 Å². The predicted octanol–water partition coefficient (Wildman–Crippen LogP) is 3.45. The van der Waals surface area contributed by atoms with Gasteiger partial charge in [-0.1, -0.05) is 22.0 Å². The molecule has 2 aromatic rings. The molecule has 0 radical (unpaired) electrons. The molecule has 28 heavy (non-hydrogen) atoms. The maximum absolute atomic E-state index is 12.6. The van der Waals surface area contributed by atoms with E-state index in [-0.39, 0.29) is 11.4 Å². The molecule has 0 bridgehead atoms. The standard InChI is InChI=1S/C17H14BrF3N4O3/c18-12-4-5-14(26)10(6-12)8-23-25-15(27)9-22-16(28)24-13-3-1-2-11(7-13)17(19,20)21/h1-8,26H,9H2,(H,25,27)(H2,22,24,28)/b23-8+. The number of phenols is 1. The van der Waals surface area contributed by atoms with E-state index < -0.39 is 30.2 Å². The molecule has 0 aliphatic rings. The number of benzene rings is 2. The molecular weight excluding hydrogens is 445 g/mol. The first-order valence-corrected chi connectivity index (χ1v) is 8.47. The van der Waals surface area contributed by atoms with Crippen LogP contribution in [0.5, 0.6) is 5.75 Å². The van der Waals surface area contributed by atoms with Gasteiger partial charge in [-0.25, -0.2) is 10.2 Å². The Labute approximate surface area is 165 Å². The molecular formula is C17H14BrF3N4O3. The minimum atomic E-state index is -4.53. The van der Waals surface area contributed by atoms with Gasteiger partial charge >= 0.3 is 12.2 Å². The number of amides is 3. The van der Waals surface area contributed by atoms with Crippen molar-refractivity contribution in [2.75, 3.05) is 11.9 Å². The largest absolute Gasteiger partial charge is 0.507 e. The average molecular weight is 459 g/mol. The first kappa shape index (κ1) is 21.2. The minimum Gasteiger partial charge on any atom is -0.507 e. The van der Waals surface area contributed by atoms with Crippen LogP contribution < -0.4 is 16.1 Å². The molecule has 0 saturated carbocycles. The van der Waals surface area contributed by atoms with Gasteiger partial charge in [-0.3, -0.25) is 4.79 Å². The van der Waals surface area contributed by atoms with Crippen molar-refractivity contribution < 1.29 is 27.9 Å². The van der Waals surface area contributed by atoms with Gasteiger partial charge in [0.1, 0.15) is 12.3 Å². The number of alkyl halides is 3. The van der Waals surface area contributed by atoms with E-state index in [2.05, 4.69) is 37.1 Å². The molecule has 0 heterocycles. The third kappa shape index (κ3) is 6.58. The van der Waals surface area contributed by atoms with Crippen molar-refractivity contribution in [1.82, 2.24) is 10.7 Å². The molecule has 0 atom stereocenters. The average Bonchev–Trinajstić information content (AvgIpc) is 2.62. The van der Waals surface area contributed by atoms with Crippen LogP contribution in [0.3, 0.4) is 0 Å². The summed E-state index contributed by atoms with van der Waals surface area (Å²) >= 11 is 3.22. The second kappa shape index (κ2) is 9.22. The summed E-state index contributed by atoms with van der Waals surface area (Å²) in [6.45, 7) is -0.466. The molecule has 11 heteroatoms. The number of hydrogen-bond acceptors (Lipinski definition) is 4. The summed E-state index contributed by atoms with van der Waals surface area (Å²) in [5, 5.41) is 17.7. The fraction of sp³-hybridized carbons (Fsp3) is 0.118. The molecule has 0 spiro atoms. The van der Waals surface area contributed by atoms with E-state index in [9.17, 15) is 27.9 Å². The third-order valence-corrected chi connectivity index (χ3v) is 3.73. The van der Waals surface area contributed by atoms with Gasteiger partial charge < -0.3 is 15.7 Å². The highest BCUT2D eigenvalue weighted by Crippen LogP contribution is 2.30. The highest BCUT2D eigenvalue weighted by molar-refractivity contribution is 9.10. The topological polar surface area (TPSA) is 103 Å². The first-order valence-electron chi connectivity index (χ1n) is 7.67. The maximum atomic E-state index is 12.6. The number of halogens is 4. The molecule has 0 aliphatic carbocycles. The zero-order valence-corrected chi connectivity index (χ0v) is 15.6. The van der Waals surface area contributed by atoms with Gasteiger partial charge in [0.05, 0.1) is 11.8 Å². The van der Waals surface area contributed by atoms with Gasteiger partial charge in [0.2, 0.25) is 0 Å². The Hall–Kier alpha value is -3.08. The molecule has 0 aromatic heterocycles. The van der Waals surface area contributed by atoms with E-state index in [1.807, 2.05) is 0 Å². The van der Waals surface area contributed by atoms with Gasteiger partial charge in [-0.05, 0) is 36.4 Å². The van der Waals surface area contributed by atoms with Gasteiger partial charge in [0.15, 0.2) is 0 Å². The maximum Gasteiger partial charge on any atom is 0.416 e. The summed E-state index contributed by atoms with van der Waals surface area (Å²) in [7, 11) is 0. The van der Waals surface area contributed by atoms with Crippen molar-refractivity contribution in [3.05, 3.63) is 58.1 Å². The molecule has 2 rings (SSSR count). The lowest BCUT2D eigenvalue weighted by Gasteiger charge is -2.10. The molecule has 0 unspecified atom stereocenters. The van der Waals surface area contributed by atoms with Crippen LogP contribution in [-0.4, -0.2) is 29.8 Å². The number of aromatic hydroxyl groups is 1. The van der Waals surface area contributed by atoms with Crippen LogP contribution >= 0.6 is 15.9 Å². The Bertz CT molecular complexity index is 903. The highest BCUT2D eigenvalue weighted by atomic mass is 79.9. The van der Waals surface area contributed by atoms with Crippen molar-refractivity contribution in [2.24, 2.45) is 5.10 Å². The van der Waals surface area contributed by atoms with Crippen LogP contribution in [-0.2, 0) is 11.0 Å². The van der Waals surface area contributed by atoms with E-state index >= 15 is 0 Å². The zero-order chi connectivity index (χ0) is 20.7. The van der Waals surface area contributed by atoms with Crippen LogP contribution in [0.15, 0.2) is 52.0 Å². The number of nitrogens with zero attached hydrogens (tertiary/aromatic N) is 1. The van der Waals surface area contributed by atoms with Gasteiger partial charge in [-0.2, -0.15) is 18.3 Å². The molecule has 4 N–H and O–H groups in total. The number of phenolic OH excluding ortho intramolecular Hbond substituents is 1. The summed E-state index contributed by atoms with van der Waals surface area (Å²) in [6, 6.07) is 7.85. The lowest BCUT2D eigenvalue weighted by atomic mass is 10.2. The van der Waals surface area contributed by atoms with E-state index in [4.69, 9.17) is 0 Å². The Morgan fingerprint density at radius 2 is 1.93 bits per heavy atom. The second-order valence-electron chi connectivity index (χ2n) is 5.38. The number of carbonyl (C=O) groups is 2. The first-order chi connectivity index (χ1) is 13.1. The normalized spacial score (nSPS) is 11.3. The highest BCUT2D eigenvalue weighted by Gasteiger charge is 2.30. The van der Waals surface area contributed by atoms with E-state index in [1.54, 1.807) is 12.1 Å². The molecule has 0 fully saturated rings. The lowest BCUT2D eigenvalue weighted by molar-refractivity contribution is -0.137. The summed E-state index contributed by atoms with van der Waals surface area (Å²) in [4.78, 5) is 23.3. The predicted molar refractivity (Wildman–Crippen MR) is 100 cm³/mol. The van der Waals surface area contributed by atoms with E-state index in [0.29, 0.717) is 10.0 Å². The summed E-state index contributed by atoms with van der Waals surface area (Å²) in [5.41, 5.74) is 1.51. The Kier molecular flexibility index (Phi) is 6.99. The Morgan fingerprint density at radius 1 is 1.18 bits per heavy atom. The van der Waals surface area contributed by atoms with Gasteiger partial charge in [-0.15, -0.1) is 0 Å². The van der Waals surface area contributed by atoms with Gasteiger partial charge in [0.25, 0.3) is 5.91 Å². The Balaban J connectivity index is 1.82. The van der Waals surface area contributed by atoms with Crippen LogP contribution in [0, 0.1) is 0 Å². The fourth-order valence-corrected chi connectivity index (χ4v) is 2.33. The summed E-state index contributed by atoms with van der Waals surface area (Å²) < 4.78 is 38.6. The monoisotopic (exact) mass is 458 g/mol. The number of carbonyl (C=O) groups excluding carboxylic acids is 2. The van der Waals surface area contributed by atoms with Crippen molar-refractivity contribution in [2.45, 2.75) is 6.18 Å². The smallest absolute Gasteiger partial charge is 0.416 e. The van der Waals surface area contributed by atoms with Crippen LogP contribution in [0.2, 0.25) is 0 Å².